The molecular formula is C16H32O2. The zero-order valence-corrected chi connectivity index (χ0v) is 12.8. The number of carboxylic acid groups (broad SMARTS) is 1. The van der Waals surface area contributed by atoms with E-state index < -0.39 is 5.97 Å². The first-order valence-corrected chi connectivity index (χ1v) is 7.34. The molecule has 1 unspecified atom stereocenters. The minimum Gasteiger partial charge on any atom is -0.478 e. The van der Waals surface area contributed by atoms with Gasteiger partial charge in [-0.05, 0) is 12.8 Å². The van der Waals surface area contributed by atoms with E-state index in [2.05, 4.69) is 27.4 Å². The maximum Gasteiger partial charge on any atom is 0.330 e. The molecule has 0 bridgehead atoms. The molecule has 0 saturated heterocycles. The van der Waals surface area contributed by atoms with Gasteiger partial charge >= 0.3 is 5.97 Å². The molecule has 0 aromatic rings. The van der Waals surface area contributed by atoms with Crippen molar-refractivity contribution in [3.05, 3.63) is 12.2 Å². The lowest BCUT2D eigenvalue weighted by Crippen LogP contribution is -1.94. The fraction of sp³-hybridized carbons (Fsp3) is 0.812. The molecular weight excluding hydrogens is 224 g/mol. The van der Waals surface area contributed by atoms with Crippen LogP contribution in [-0.2, 0) is 4.79 Å². The molecule has 0 aliphatic rings. The number of carboxylic acids is 1. The van der Waals surface area contributed by atoms with Gasteiger partial charge in [0.25, 0.3) is 0 Å². The van der Waals surface area contributed by atoms with E-state index >= 15 is 0 Å². The largest absolute Gasteiger partial charge is 0.478 e. The summed E-state index contributed by atoms with van der Waals surface area (Å²) in [6.45, 7) is 11.6. The molecule has 2 nitrogen and oxygen atoms in total. The Morgan fingerprint density at radius 3 is 1.89 bits per heavy atom. The molecule has 0 aromatic carbocycles. The average molecular weight is 256 g/mol. The van der Waals surface area contributed by atoms with Crippen LogP contribution in [0.2, 0.25) is 0 Å². The number of rotatable bonds is 9. The summed E-state index contributed by atoms with van der Waals surface area (Å²) in [5, 5.41) is 7.89. The van der Waals surface area contributed by atoms with Gasteiger partial charge in [0.2, 0.25) is 0 Å². The molecule has 0 saturated carbocycles. The normalized spacial score (nSPS) is 11.3. The Kier molecular flexibility index (Phi) is 15.5. The van der Waals surface area contributed by atoms with Gasteiger partial charge in [-0.15, -0.1) is 0 Å². The monoisotopic (exact) mass is 256 g/mol. The fourth-order valence-electron chi connectivity index (χ4n) is 1.62. The van der Waals surface area contributed by atoms with E-state index in [0.29, 0.717) is 0 Å². The number of hydrogen-bond donors (Lipinski definition) is 1. The van der Waals surface area contributed by atoms with Crippen LogP contribution in [0.5, 0.6) is 0 Å². The van der Waals surface area contributed by atoms with Gasteiger partial charge in [-0.1, -0.05) is 78.7 Å². The number of carbonyl (C=O) groups is 1. The van der Waals surface area contributed by atoms with Gasteiger partial charge in [-0.25, -0.2) is 4.79 Å². The molecule has 1 N–H and O–H groups in total. The maximum atomic E-state index is 9.60. The second-order valence-electron chi connectivity index (χ2n) is 5.18. The van der Waals surface area contributed by atoms with Gasteiger partial charge < -0.3 is 5.11 Å². The summed E-state index contributed by atoms with van der Waals surface area (Å²) >= 11 is 0. The molecule has 108 valence electrons. The van der Waals surface area contributed by atoms with E-state index in [1.807, 2.05) is 0 Å². The van der Waals surface area contributed by atoms with Crippen LogP contribution in [0.25, 0.3) is 0 Å². The van der Waals surface area contributed by atoms with Crippen LogP contribution < -0.4 is 0 Å². The van der Waals surface area contributed by atoms with Crippen molar-refractivity contribution in [2.45, 2.75) is 79.1 Å². The second kappa shape index (κ2) is 14.3. The van der Waals surface area contributed by atoms with Gasteiger partial charge in [-0.2, -0.15) is 0 Å². The van der Waals surface area contributed by atoms with Crippen molar-refractivity contribution in [3.8, 4) is 0 Å². The summed E-state index contributed by atoms with van der Waals surface area (Å²) in [6, 6.07) is 0. The molecule has 0 rings (SSSR count). The van der Waals surface area contributed by atoms with Crippen molar-refractivity contribution in [2.24, 2.45) is 5.92 Å². The Morgan fingerprint density at radius 1 is 1.06 bits per heavy atom. The van der Waals surface area contributed by atoms with E-state index in [0.717, 1.165) is 5.92 Å². The Morgan fingerprint density at radius 2 is 1.50 bits per heavy atom. The third-order valence-corrected chi connectivity index (χ3v) is 2.97. The molecule has 0 aromatic heterocycles. The molecule has 0 aliphatic heterocycles. The lowest BCUT2D eigenvalue weighted by Gasteiger charge is -2.09. The SMILES string of the molecule is C=C(C)C(=O)O.CCCCCCC(C)CCCC. The molecule has 0 fully saturated rings. The fourth-order valence-corrected chi connectivity index (χ4v) is 1.62. The van der Waals surface area contributed by atoms with Crippen LogP contribution in [0.4, 0.5) is 0 Å². The number of unbranched alkanes of at least 4 members (excludes halogenated alkanes) is 4. The standard InChI is InChI=1S/C12H26.C4H6O2/c1-4-6-8-9-11-12(3)10-7-5-2;1-3(2)4(5)6/h12H,4-11H2,1-3H3;1H2,2H3,(H,5,6). The van der Waals surface area contributed by atoms with Crippen molar-refractivity contribution in [1.82, 2.24) is 0 Å². The highest BCUT2D eigenvalue weighted by Crippen LogP contribution is 2.15. The van der Waals surface area contributed by atoms with Crippen LogP contribution in [0.15, 0.2) is 12.2 Å². The van der Waals surface area contributed by atoms with Crippen molar-refractivity contribution < 1.29 is 9.90 Å². The molecule has 0 aliphatic carbocycles. The lowest BCUT2D eigenvalue weighted by molar-refractivity contribution is -0.132. The first-order valence-electron chi connectivity index (χ1n) is 7.34. The van der Waals surface area contributed by atoms with Crippen molar-refractivity contribution in [2.75, 3.05) is 0 Å². The van der Waals surface area contributed by atoms with E-state index in [-0.39, 0.29) is 5.57 Å². The van der Waals surface area contributed by atoms with Crippen LogP contribution in [0.3, 0.4) is 0 Å². The van der Waals surface area contributed by atoms with Gasteiger partial charge in [0.15, 0.2) is 0 Å². The Balaban J connectivity index is 0. The Hall–Kier alpha value is -0.790. The topological polar surface area (TPSA) is 37.3 Å². The predicted molar refractivity (Wildman–Crippen MR) is 79.9 cm³/mol. The highest BCUT2D eigenvalue weighted by atomic mass is 16.4. The number of aliphatic carboxylic acids is 1. The summed E-state index contributed by atoms with van der Waals surface area (Å²) in [6.07, 6.45) is 11.4. The first-order chi connectivity index (χ1) is 8.45. The molecule has 18 heavy (non-hydrogen) atoms. The second-order valence-corrected chi connectivity index (χ2v) is 5.18. The Labute approximate surface area is 113 Å². The summed E-state index contributed by atoms with van der Waals surface area (Å²) in [5.41, 5.74) is 0.176. The third kappa shape index (κ3) is 17.6. The van der Waals surface area contributed by atoms with E-state index in [9.17, 15) is 4.79 Å². The van der Waals surface area contributed by atoms with Gasteiger partial charge in [0.05, 0.1) is 0 Å². The number of hydrogen-bond acceptors (Lipinski definition) is 1. The van der Waals surface area contributed by atoms with Gasteiger partial charge in [0, 0.05) is 5.57 Å². The van der Waals surface area contributed by atoms with E-state index in [4.69, 9.17) is 5.11 Å². The predicted octanol–water partition coefficient (Wildman–Crippen LogP) is 5.43. The van der Waals surface area contributed by atoms with Gasteiger partial charge in [0.1, 0.15) is 0 Å². The smallest absolute Gasteiger partial charge is 0.330 e. The zero-order chi connectivity index (χ0) is 14.4. The quantitative estimate of drug-likeness (QED) is 0.441. The van der Waals surface area contributed by atoms with Crippen molar-refractivity contribution in [3.63, 3.8) is 0 Å². The van der Waals surface area contributed by atoms with Crippen LogP contribution in [-0.4, -0.2) is 11.1 Å². The highest BCUT2D eigenvalue weighted by Gasteiger charge is 2.00. The third-order valence-electron chi connectivity index (χ3n) is 2.97. The molecule has 0 heterocycles. The minimum absolute atomic E-state index is 0.176. The Bertz CT molecular complexity index is 197. The average Bonchev–Trinajstić information content (AvgIpc) is 2.32. The minimum atomic E-state index is -0.935. The molecule has 1 atom stereocenters. The summed E-state index contributed by atoms with van der Waals surface area (Å²) in [7, 11) is 0. The van der Waals surface area contributed by atoms with Gasteiger partial charge in [-0.3, -0.25) is 0 Å². The molecule has 0 amide bonds. The van der Waals surface area contributed by atoms with Crippen LogP contribution in [0, 0.1) is 5.92 Å². The molecule has 0 radical (unpaired) electrons. The molecule has 2 heteroatoms. The van der Waals surface area contributed by atoms with Crippen molar-refractivity contribution in [1.29, 1.82) is 0 Å². The lowest BCUT2D eigenvalue weighted by atomic mass is 9.97. The van der Waals surface area contributed by atoms with E-state index in [1.165, 1.54) is 58.3 Å². The summed E-state index contributed by atoms with van der Waals surface area (Å²) < 4.78 is 0. The van der Waals surface area contributed by atoms with Crippen LogP contribution >= 0.6 is 0 Å². The summed E-state index contributed by atoms with van der Waals surface area (Å²) in [5.74, 6) is 0.0387. The first kappa shape index (κ1) is 19.5. The van der Waals surface area contributed by atoms with E-state index in [1.54, 1.807) is 0 Å². The summed E-state index contributed by atoms with van der Waals surface area (Å²) in [4.78, 5) is 9.60. The zero-order valence-electron chi connectivity index (χ0n) is 12.8. The maximum absolute atomic E-state index is 9.60. The van der Waals surface area contributed by atoms with Crippen LogP contribution in [0.1, 0.15) is 79.1 Å². The molecule has 0 spiro atoms. The van der Waals surface area contributed by atoms with Crippen molar-refractivity contribution >= 4 is 5.97 Å². The highest BCUT2D eigenvalue weighted by molar-refractivity contribution is 5.84.